The quantitative estimate of drug-likeness (QED) is 0.761. The van der Waals surface area contributed by atoms with Gasteiger partial charge in [-0.05, 0) is 75.4 Å². The van der Waals surface area contributed by atoms with E-state index < -0.39 is 0 Å². The Morgan fingerprint density at radius 1 is 1.33 bits per heavy atom. The number of hydrogen-bond donors (Lipinski definition) is 1. The first kappa shape index (κ1) is 14.2. The molecule has 5 nitrogen and oxygen atoms in total. The number of thiophene rings is 1. The number of aryl methyl sites for hydroxylation is 1. The van der Waals surface area contributed by atoms with Crippen molar-refractivity contribution in [1.29, 1.82) is 0 Å². The highest BCUT2D eigenvalue weighted by molar-refractivity contribution is 9.10. The summed E-state index contributed by atoms with van der Waals surface area (Å²) in [6.07, 6.45) is 1.60. The molecule has 0 bridgehead atoms. The lowest BCUT2D eigenvalue weighted by Crippen LogP contribution is -2.06. The van der Waals surface area contributed by atoms with Crippen LogP contribution < -0.4 is 5.32 Å². The number of halogens is 1. The first-order valence-corrected chi connectivity index (χ1v) is 8.16. The second-order valence-electron chi connectivity index (χ2n) is 4.75. The van der Waals surface area contributed by atoms with Gasteiger partial charge in [0.15, 0.2) is 0 Å². The highest BCUT2D eigenvalue weighted by Gasteiger charge is 2.11. The maximum atomic E-state index is 3.92. The summed E-state index contributed by atoms with van der Waals surface area (Å²) < 4.78 is 2.81. The molecule has 0 aliphatic rings. The van der Waals surface area contributed by atoms with Crippen molar-refractivity contribution in [1.82, 2.24) is 20.2 Å². The van der Waals surface area contributed by atoms with Crippen LogP contribution in [0.1, 0.15) is 23.4 Å². The zero-order valence-electron chi connectivity index (χ0n) is 11.6. The second-order valence-corrected chi connectivity index (χ2v) is 6.56. The molecule has 1 unspecified atom stereocenters. The topological polar surface area (TPSA) is 55.6 Å². The van der Waals surface area contributed by atoms with Crippen LogP contribution in [-0.2, 0) is 0 Å². The van der Waals surface area contributed by atoms with Gasteiger partial charge in [-0.2, -0.15) is 0 Å². The average molecular weight is 364 g/mol. The van der Waals surface area contributed by atoms with Crippen molar-refractivity contribution in [2.24, 2.45) is 0 Å². The van der Waals surface area contributed by atoms with Crippen molar-refractivity contribution in [2.75, 3.05) is 5.32 Å². The molecule has 1 aromatic carbocycles. The van der Waals surface area contributed by atoms with Crippen LogP contribution in [-0.4, -0.2) is 20.2 Å². The Morgan fingerprint density at radius 2 is 2.19 bits per heavy atom. The van der Waals surface area contributed by atoms with Crippen LogP contribution in [0.15, 0.2) is 40.4 Å². The van der Waals surface area contributed by atoms with E-state index in [9.17, 15) is 0 Å². The zero-order valence-corrected chi connectivity index (χ0v) is 14.0. The summed E-state index contributed by atoms with van der Waals surface area (Å²) in [5.41, 5.74) is 3.18. The Kier molecular flexibility index (Phi) is 4.03. The van der Waals surface area contributed by atoms with E-state index in [-0.39, 0.29) is 6.04 Å². The molecule has 0 radical (unpaired) electrons. The van der Waals surface area contributed by atoms with Crippen LogP contribution in [0.5, 0.6) is 0 Å². The molecule has 0 saturated carbocycles. The summed E-state index contributed by atoms with van der Waals surface area (Å²) in [7, 11) is 0. The zero-order chi connectivity index (χ0) is 14.8. The monoisotopic (exact) mass is 363 g/mol. The lowest BCUT2D eigenvalue weighted by Gasteiger charge is -2.16. The molecule has 0 saturated heterocycles. The van der Waals surface area contributed by atoms with Gasteiger partial charge in [0.1, 0.15) is 6.33 Å². The van der Waals surface area contributed by atoms with Crippen molar-refractivity contribution in [3.63, 3.8) is 0 Å². The molecule has 3 rings (SSSR count). The summed E-state index contributed by atoms with van der Waals surface area (Å²) in [4.78, 5) is 1.29. The molecule has 0 fully saturated rings. The highest BCUT2D eigenvalue weighted by atomic mass is 79.9. The highest BCUT2D eigenvalue weighted by Crippen LogP contribution is 2.31. The number of tetrazole rings is 1. The van der Waals surface area contributed by atoms with Crippen LogP contribution in [0, 0.1) is 6.92 Å². The molecule has 0 spiro atoms. The van der Waals surface area contributed by atoms with E-state index in [2.05, 4.69) is 61.2 Å². The Morgan fingerprint density at radius 3 is 2.81 bits per heavy atom. The lowest BCUT2D eigenvalue weighted by molar-refractivity contribution is 0.785. The number of hydrogen-bond acceptors (Lipinski definition) is 5. The fourth-order valence-electron chi connectivity index (χ4n) is 2.20. The Labute approximate surface area is 135 Å². The van der Waals surface area contributed by atoms with Gasteiger partial charge in [-0.1, -0.05) is 0 Å². The van der Waals surface area contributed by atoms with Crippen LogP contribution in [0.2, 0.25) is 0 Å². The molecule has 2 aromatic heterocycles. The largest absolute Gasteiger partial charge is 0.378 e. The minimum absolute atomic E-state index is 0.248. The molecule has 0 aliphatic heterocycles. The number of nitrogens with one attached hydrogen (secondary N) is 1. The van der Waals surface area contributed by atoms with Gasteiger partial charge in [0, 0.05) is 15.0 Å². The SMILES string of the molecule is Cc1cc(NC(C)c2sccc2Br)ccc1-n1cnnn1. The molecule has 1 N–H and O–H groups in total. The first-order chi connectivity index (χ1) is 10.1. The Balaban J connectivity index is 1.81. The summed E-state index contributed by atoms with van der Waals surface area (Å²) in [6.45, 7) is 4.20. The molecule has 2 heterocycles. The van der Waals surface area contributed by atoms with E-state index in [0.717, 1.165) is 21.4 Å². The third-order valence-electron chi connectivity index (χ3n) is 3.21. The molecular weight excluding hydrogens is 350 g/mol. The maximum Gasteiger partial charge on any atom is 0.143 e. The van der Waals surface area contributed by atoms with Gasteiger partial charge in [0.2, 0.25) is 0 Å². The van der Waals surface area contributed by atoms with E-state index in [1.807, 2.05) is 19.1 Å². The predicted octanol–water partition coefficient (Wildman–Crippen LogP) is 3.97. The van der Waals surface area contributed by atoms with Gasteiger partial charge in [-0.15, -0.1) is 16.4 Å². The minimum Gasteiger partial charge on any atom is -0.378 e. The predicted molar refractivity (Wildman–Crippen MR) is 87.9 cm³/mol. The van der Waals surface area contributed by atoms with Gasteiger partial charge in [0.05, 0.1) is 11.7 Å². The van der Waals surface area contributed by atoms with Crippen LogP contribution >= 0.6 is 27.3 Å². The smallest absolute Gasteiger partial charge is 0.143 e. The van der Waals surface area contributed by atoms with Gasteiger partial charge in [0.25, 0.3) is 0 Å². The Bertz CT molecular complexity index is 738. The van der Waals surface area contributed by atoms with Crippen molar-refractivity contribution in [3.8, 4) is 5.69 Å². The molecule has 0 aliphatic carbocycles. The number of anilines is 1. The van der Waals surface area contributed by atoms with E-state index in [4.69, 9.17) is 0 Å². The maximum absolute atomic E-state index is 3.92. The fraction of sp³-hybridized carbons (Fsp3) is 0.214. The molecule has 108 valence electrons. The van der Waals surface area contributed by atoms with Crippen LogP contribution in [0.3, 0.4) is 0 Å². The normalized spacial score (nSPS) is 12.3. The average Bonchev–Trinajstić information content (AvgIpc) is 3.10. The van der Waals surface area contributed by atoms with Crippen molar-refractivity contribution < 1.29 is 0 Å². The van der Waals surface area contributed by atoms with Crippen LogP contribution in [0.25, 0.3) is 5.69 Å². The molecule has 1 atom stereocenters. The number of benzene rings is 1. The number of rotatable bonds is 4. The second kappa shape index (κ2) is 5.95. The van der Waals surface area contributed by atoms with Crippen LogP contribution in [0.4, 0.5) is 5.69 Å². The summed E-state index contributed by atoms with van der Waals surface area (Å²) >= 11 is 5.32. The van der Waals surface area contributed by atoms with E-state index >= 15 is 0 Å². The van der Waals surface area contributed by atoms with Gasteiger partial charge in [-0.25, -0.2) is 4.68 Å². The summed E-state index contributed by atoms with van der Waals surface area (Å²) in [5, 5.41) is 16.9. The van der Waals surface area contributed by atoms with E-state index in [1.165, 1.54) is 4.88 Å². The van der Waals surface area contributed by atoms with Gasteiger partial charge in [-0.3, -0.25) is 0 Å². The Hall–Kier alpha value is -1.73. The number of nitrogens with zero attached hydrogens (tertiary/aromatic N) is 4. The van der Waals surface area contributed by atoms with Gasteiger partial charge < -0.3 is 5.32 Å². The third-order valence-corrected chi connectivity index (χ3v) is 5.27. The van der Waals surface area contributed by atoms with Crippen molar-refractivity contribution in [2.45, 2.75) is 19.9 Å². The minimum atomic E-state index is 0.248. The first-order valence-electron chi connectivity index (χ1n) is 6.48. The summed E-state index contributed by atoms with van der Waals surface area (Å²) in [5.74, 6) is 0. The van der Waals surface area contributed by atoms with Crippen molar-refractivity contribution in [3.05, 3.63) is 50.9 Å². The summed E-state index contributed by atoms with van der Waals surface area (Å²) in [6, 6.07) is 8.49. The molecular formula is C14H14BrN5S. The molecule has 21 heavy (non-hydrogen) atoms. The molecule has 3 aromatic rings. The van der Waals surface area contributed by atoms with E-state index in [0.29, 0.717) is 0 Å². The third kappa shape index (κ3) is 2.98. The fourth-order valence-corrected chi connectivity index (χ4v) is 3.93. The lowest BCUT2D eigenvalue weighted by atomic mass is 10.1. The number of aromatic nitrogens is 4. The van der Waals surface area contributed by atoms with Crippen molar-refractivity contribution >= 4 is 33.0 Å². The van der Waals surface area contributed by atoms with Gasteiger partial charge >= 0.3 is 0 Å². The standard InChI is InChI=1S/C14H14BrN5S/c1-9-7-11(3-4-13(9)20-8-16-18-19-20)17-10(2)14-12(15)5-6-21-14/h3-8,10,17H,1-2H3. The molecule has 7 heteroatoms. The van der Waals surface area contributed by atoms with E-state index in [1.54, 1.807) is 22.3 Å². The molecule has 0 amide bonds.